The van der Waals surface area contributed by atoms with E-state index < -0.39 is 0 Å². The van der Waals surface area contributed by atoms with Gasteiger partial charge in [0.05, 0.1) is 19.3 Å². The van der Waals surface area contributed by atoms with E-state index in [1.807, 2.05) is 6.92 Å². The third kappa shape index (κ3) is 5.42. The maximum Gasteiger partial charge on any atom is 0.319 e. The number of aryl methyl sites for hydroxylation is 1. The number of methoxy groups -OCH3 is 1. The van der Waals surface area contributed by atoms with Crippen LogP contribution < -0.4 is 20.7 Å². The second-order valence-electron chi connectivity index (χ2n) is 5.07. The first-order valence-corrected chi connectivity index (χ1v) is 8.71. The fourth-order valence-corrected chi connectivity index (χ4v) is 2.68. The van der Waals surface area contributed by atoms with E-state index in [1.165, 1.54) is 18.4 Å². The fourth-order valence-electron chi connectivity index (χ4n) is 1.96. The Morgan fingerprint density at radius 3 is 2.56 bits per heavy atom. The largest absolute Gasteiger partial charge is 0.495 e. The highest BCUT2D eigenvalue weighted by molar-refractivity contribution is 7.11. The smallest absolute Gasteiger partial charge is 0.319 e. The standard InChI is InChI=1S/C16H21N5O3S/c1-4-13(22)19-11-8-10(6-7-12(11)24-3)18-16(23)17-9-15-21-20-14(5-2)25-15/h6-8H,4-5,9H2,1-3H3,(H,19,22)(H2,17,18,23). The van der Waals surface area contributed by atoms with Crippen molar-refractivity contribution < 1.29 is 14.3 Å². The first-order valence-electron chi connectivity index (χ1n) is 7.89. The van der Waals surface area contributed by atoms with Crippen molar-refractivity contribution in [2.75, 3.05) is 17.7 Å². The van der Waals surface area contributed by atoms with Crippen molar-refractivity contribution in [3.05, 3.63) is 28.2 Å². The summed E-state index contributed by atoms with van der Waals surface area (Å²) in [5, 5.41) is 17.9. The molecule has 9 heteroatoms. The summed E-state index contributed by atoms with van der Waals surface area (Å²) in [6.07, 6.45) is 1.17. The van der Waals surface area contributed by atoms with Crippen molar-refractivity contribution in [2.24, 2.45) is 0 Å². The van der Waals surface area contributed by atoms with Crippen LogP contribution in [0.25, 0.3) is 0 Å². The van der Waals surface area contributed by atoms with Crippen molar-refractivity contribution in [1.82, 2.24) is 15.5 Å². The van der Waals surface area contributed by atoms with Crippen LogP contribution in [0.4, 0.5) is 16.2 Å². The van der Waals surface area contributed by atoms with Gasteiger partial charge in [-0.05, 0) is 24.6 Å². The van der Waals surface area contributed by atoms with Crippen LogP contribution in [0.15, 0.2) is 18.2 Å². The quantitative estimate of drug-likeness (QED) is 0.701. The summed E-state index contributed by atoms with van der Waals surface area (Å²) >= 11 is 1.47. The number of hydrogen-bond donors (Lipinski definition) is 3. The number of nitrogens with zero attached hydrogens (tertiary/aromatic N) is 2. The fraction of sp³-hybridized carbons (Fsp3) is 0.375. The van der Waals surface area contributed by atoms with E-state index in [0.717, 1.165) is 16.4 Å². The summed E-state index contributed by atoms with van der Waals surface area (Å²) in [4.78, 5) is 23.6. The van der Waals surface area contributed by atoms with Gasteiger partial charge >= 0.3 is 6.03 Å². The normalized spacial score (nSPS) is 10.2. The average Bonchev–Trinajstić information content (AvgIpc) is 3.08. The topological polar surface area (TPSA) is 105 Å². The van der Waals surface area contributed by atoms with Crippen molar-refractivity contribution in [3.63, 3.8) is 0 Å². The molecule has 134 valence electrons. The van der Waals surface area contributed by atoms with Crippen molar-refractivity contribution >= 4 is 34.6 Å². The van der Waals surface area contributed by atoms with Gasteiger partial charge < -0.3 is 20.7 Å². The van der Waals surface area contributed by atoms with Gasteiger partial charge in [-0.1, -0.05) is 25.2 Å². The van der Waals surface area contributed by atoms with Crippen molar-refractivity contribution in [2.45, 2.75) is 33.2 Å². The average molecular weight is 363 g/mol. The molecule has 3 N–H and O–H groups in total. The van der Waals surface area contributed by atoms with Gasteiger partial charge in [-0.3, -0.25) is 4.79 Å². The molecule has 0 atom stereocenters. The molecule has 1 aromatic carbocycles. The lowest BCUT2D eigenvalue weighted by Crippen LogP contribution is -2.28. The molecule has 1 aromatic heterocycles. The van der Waals surface area contributed by atoms with E-state index in [4.69, 9.17) is 4.74 Å². The minimum atomic E-state index is -0.369. The summed E-state index contributed by atoms with van der Waals surface area (Å²) in [7, 11) is 1.52. The number of carbonyl (C=O) groups excluding carboxylic acids is 2. The number of amides is 3. The number of aromatic nitrogens is 2. The van der Waals surface area contributed by atoms with Crippen LogP contribution in [0, 0.1) is 0 Å². The van der Waals surface area contributed by atoms with Gasteiger partial charge in [-0.25, -0.2) is 4.79 Å². The minimum absolute atomic E-state index is 0.136. The lowest BCUT2D eigenvalue weighted by Gasteiger charge is -2.12. The zero-order valence-corrected chi connectivity index (χ0v) is 15.2. The summed E-state index contributed by atoms with van der Waals surface area (Å²) in [5.41, 5.74) is 1.04. The summed E-state index contributed by atoms with van der Waals surface area (Å²) in [6.45, 7) is 4.07. The molecule has 0 saturated heterocycles. The number of ether oxygens (including phenoxy) is 1. The minimum Gasteiger partial charge on any atom is -0.495 e. The molecule has 0 unspecified atom stereocenters. The summed E-state index contributed by atoms with van der Waals surface area (Å²) in [6, 6.07) is 4.65. The van der Waals surface area contributed by atoms with Gasteiger partial charge in [-0.2, -0.15) is 0 Å². The number of rotatable bonds is 7. The number of hydrogen-bond acceptors (Lipinski definition) is 6. The van der Waals surface area contributed by atoms with E-state index in [-0.39, 0.29) is 11.9 Å². The predicted molar refractivity (Wildman–Crippen MR) is 97.1 cm³/mol. The van der Waals surface area contributed by atoms with Gasteiger partial charge in [-0.15, -0.1) is 10.2 Å². The molecule has 2 aromatic rings. The monoisotopic (exact) mass is 363 g/mol. The van der Waals surface area contributed by atoms with E-state index in [1.54, 1.807) is 25.1 Å². The van der Waals surface area contributed by atoms with Crippen molar-refractivity contribution in [3.8, 4) is 5.75 Å². The molecule has 25 heavy (non-hydrogen) atoms. The Morgan fingerprint density at radius 1 is 1.16 bits per heavy atom. The van der Waals surface area contributed by atoms with E-state index in [0.29, 0.717) is 30.1 Å². The third-order valence-corrected chi connectivity index (χ3v) is 4.33. The van der Waals surface area contributed by atoms with E-state index in [2.05, 4.69) is 26.1 Å². The zero-order valence-electron chi connectivity index (χ0n) is 14.4. The third-order valence-electron chi connectivity index (χ3n) is 3.26. The maximum atomic E-state index is 12.0. The van der Waals surface area contributed by atoms with Gasteiger partial charge in [0, 0.05) is 12.1 Å². The Balaban J connectivity index is 1.97. The molecule has 3 amide bonds. The predicted octanol–water partition coefficient (Wildman–Crippen LogP) is 2.78. The molecular formula is C16H21N5O3S. The summed E-state index contributed by atoms with van der Waals surface area (Å²) in [5.74, 6) is 0.386. The molecule has 0 radical (unpaired) electrons. The number of carbonyl (C=O) groups is 2. The van der Waals surface area contributed by atoms with Crippen LogP contribution in [0.2, 0.25) is 0 Å². The summed E-state index contributed by atoms with van der Waals surface area (Å²) < 4.78 is 5.21. The lowest BCUT2D eigenvalue weighted by molar-refractivity contribution is -0.115. The Bertz CT molecular complexity index is 747. The second kappa shape index (κ2) is 8.97. The Kier molecular flexibility index (Phi) is 6.70. The van der Waals surface area contributed by atoms with Crippen LogP contribution in [-0.4, -0.2) is 29.2 Å². The first kappa shape index (κ1) is 18.7. The van der Waals surface area contributed by atoms with E-state index >= 15 is 0 Å². The van der Waals surface area contributed by atoms with Gasteiger partial charge in [0.2, 0.25) is 5.91 Å². The van der Waals surface area contributed by atoms with Crippen LogP contribution in [0.1, 0.15) is 30.3 Å². The lowest BCUT2D eigenvalue weighted by atomic mass is 10.2. The number of anilines is 2. The molecule has 0 spiro atoms. The van der Waals surface area contributed by atoms with Crippen LogP contribution in [-0.2, 0) is 17.8 Å². The van der Waals surface area contributed by atoms with E-state index in [9.17, 15) is 9.59 Å². The SMILES string of the molecule is CCC(=O)Nc1cc(NC(=O)NCc2nnc(CC)s2)ccc1OC. The number of benzene rings is 1. The number of nitrogens with one attached hydrogen (secondary N) is 3. The Labute approximate surface area is 150 Å². The van der Waals surface area contributed by atoms with Gasteiger partial charge in [0.15, 0.2) is 0 Å². The van der Waals surface area contributed by atoms with Crippen LogP contribution >= 0.6 is 11.3 Å². The molecule has 0 aliphatic heterocycles. The highest BCUT2D eigenvalue weighted by Crippen LogP contribution is 2.28. The highest BCUT2D eigenvalue weighted by atomic mass is 32.1. The Hall–Kier alpha value is -2.68. The van der Waals surface area contributed by atoms with Gasteiger partial charge in [0.1, 0.15) is 15.8 Å². The molecule has 8 nitrogen and oxygen atoms in total. The molecule has 0 aliphatic rings. The molecule has 0 saturated carbocycles. The van der Waals surface area contributed by atoms with Crippen LogP contribution in [0.5, 0.6) is 5.75 Å². The molecule has 0 fully saturated rings. The molecular weight excluding hydrogens is 342 g/mol. The van der Waals surface area contributed by atoms with Crippen LogP contribution in [0.3, 0.4) is 0 Å². The zero-order chi connectivity index (χ0) is 18.2. The number of urea groups is 1. The highest BCUT2D eigenvalue weighted by Gasteiger charge is 2.10. The maximum absolute atomic E-state index is 12.0. The van der Waals surface area contributed by atoms with Crippen molar-refractivity contribution in [1.29, 1.82) is 0 Å². The first-order chi connectivity index (χ1) is 12.0. The second-order valence-corrected chi connectivity index (χ2v) is 6.21. The molecule has 2 rings (SSSR count). The molecule has 1 heterocycles. The molecule has 0 bridgehead atoms. The molecule has 0 aliphatic carbocycles. The van der Waals surface area contributed by atoms with Gasteiger partial charge in [0.25, 0.3) is 0 Å². The Morgan fingerprint density at radius 2 is 1.92 bits per heavy atom.